The van der Waals surface area contributed by atoms with Crippen LogP contribution in [0.25, 0.3) is 0 Å². The molecule has 1 aromatic carbocycles. The van der Waals surface area contributed by atoms with Gasteiger partial charge in [-0.05, 0) is 30.5 Å². The lowest BCUT2D eigenvalue weighted by atomic mass is 10.1. The third-order valence-corrected chi connectivity index (χ3v) is 3.86. The van der Waals surface area contributed by atoms with Gasteiger partial charge >= 0.3 is 5.69 Å². The molecule has 0 bridgehead atoms. The third kappa shape index (κ3) is 2.63. The number of aromatic nitrogens is 2. The van der Waals surface area contributed by atoms with Gasteiger partial charge in [0.15, 0.2) is 0 Å². The molecular formula is C16H18N2O3. The molecule has 0 saturated heterocycles. The Morgan fingerprint density at radius 2 is 2.10 bits per heavy atom. The van der Waals surface area contributed by atoms with Crippen molar-refractivity contribution in [3.8, 4) is 5.75 Å². The molecule has 110 valence electrons. The van der Waals surface area contributed by atoms with Crippen LogP contribution >= 0.6 is 0 Å². The number of nitrogens with zero attached hydrogens (tertiary/aromatic N) is 2. The molecule has 0 atom stereocenters. The normalized spacial score (nSPS) is 13.0. The molecule has 2 heterocycles. The number of hydrogen-bond donors (Lipinski definition) is 0. The van der Waals surface area contributed by atoms with Crippen LogP contribution in [0.5, 0.6) is 5.75 Å². The van der Waals surface area contributed by atoms with Crippen molar-refractivity contribution in [3.05, 3.63) is 62.4 Å². The van der Waals surface area contributed by atoms with E-state index in [4.69, 9.17) is 4.74 Å². The van der Waals surface area contributed by atoms with Crippen molar-refractivity contribution in [1.29, 1.82) is 0 Å². The van der Waals surface area contributed by atoms with Crippen LogP contribution in [0.4, 0.5) is 0 Å². The summed E-state index contributed by atoms with van der Waals surface area (Å²) in [5, 5.41) is 0. The Kier molecular flexibility index (Phi) is 3.64. The first-order valence-electron chi connectivity index (χ1n) is 7.24. The average Bonchev–Trinajstić information content (AvgIpc) is 2.95. The number of benzene rings is 1. The van der Waals surface area contributed by atoms with Crippen LogP contribution in [0.1, 0.15) is 18.1 Å². The second kappa shape index (κ2) is 5.60. The summed E-state index contributed by atoms with van der Waals surface area (Å²) in [4.78, 5) is 24.0. The van der Waals surface area contributed by atoms with Gasteiger partial charge in [0.2, 0.25) is 0 Å². The molecule has 0 radical (unpaired) electrons. The van der Waals surface area contributed by atoms with Crippen LogP contribution in [0, 0.1) is 0 Å². The van der Waals surface area contributed by atoms with Gasteiger partial charge in [-0.3, -0.25) is 9.36 Å². The Balaban J connectivity index is 1.82. The molecule has 0 unspecified atom stereocenters. The summed E-state index contributed by atoms with van der Waals surface area (Å²) in [6.45, 7) is 3.59. The second-order valence-electron chi connectivity index (χ2n) is 5.16. The van der Waals surface area contributed by atoms with Crippen molar-refractivity contribution >= 4 is 0 Å². The van der Waals surface area contributed by atoms with Crippen molar-refractivity contribution < 1.29 is 4.74 Å². The lowest BCUT2D eigenvalue weighted by molar-refractivity contribution is 0.357. The summed E-state index contributed by atoms with van der Waals surface area (Å²) >= 11 is 0. The van der Waals surface area contributed by atoms with Crippen LogP contribution in [0.3, 0.4) is 0 Å². The molecule has 0 N–H and O–H groups in total. The molecule has 1 aromatic heterocycles. The zero-order chi connectivity index (χ0) is 14.8. The van der Waals surface area contributed by atoms with Gasteiger partial charge in [0.25, 0.3) is 5.56 Å². The summed E-state index contributed by atoms with van der Waals surface area (Å²) < 4.78 is 8.31. The molecule has 1 aliphatic rings. The van der Waals surface area contributed by atoms with Crippen molar-refractivity contribution in [2.45, 2.75) is 32.9 Å². The molecule has 0 aliphatic carbocycles. The molecule has 2 aromatic rings. The molecule has 0 saturated carbocycles. The fourth-order valence-electron chi connectivity index (χ4n) is 2.64. The minimum absolute atomic E-state index is 0.241. The van der Waals surface area contributed by atoms with E-state index in [1.165, 1.54) is 20.8 Å². The molecule has 0 amide bonds. The van der Waals surface area contributed by atoms with E-state index in [2.05, 4.69) is 6.07 Å². The molecule has 3 rings (SSSR count). The van der Waals surface area contributed by atoms with Crippen molar-refractivity contribution in [2.24, 2.45) is 0 Å². The topological polar surface area (TPSA) is 53.2 Å². The van der Waals surface area contributed by atoms with Crippen LogP contribution in [0.2, 0.25) is 0 Å². The standard InChI is InChI=1S/C16H18N2O3/c1-2-17-8-6-15(19)18(16(17)20)9-5-12-3-4-14-13(11-12)7-10-21-14/h3-4,6,8,11H,2,5,7,9-10H2,1H3. The van der Waals surface area contributed by atoms with Gasteiger partial charge in [0.1, 0.15) is 5.75 Å². The first-order valence-corrected chi connectivity index (χ1v) is 7.24. The Morgan fingerprint density at radius 3 is 2.90 bits per heavy atom. The number of rotatable bonds is 4. The van der Waals surface area contributed by atoms with Crippen molar-refractivity contribution in [2.75, 3.05) is 6.61 Å². The zero-order valence-corrected chi connectivity index (χ0v) is 12.0. The van der Waals surface area contributed by atoms with Crippen LogP contribution in [-0.4, -0.2) is 15.7 Å². The molecule has 0 spiro atoms. The third-order valence-electron chi connectivity index (χ3n) is 3.86. The Labute approximate surface area is 122 Å². The summed E-state index contributed by atoms with van der Waals surface area (Å²) in [7, 11) is 0. The lowest BCUT2D eigenvalue weighted by Crippen LogP contribution is -2.39. The highest BCUT2D eigenvalue weighted by Gasteiger charge is 2.12. The predicted octanol–water partition coefficient (Wildman–Crippen LogP) is 1.21. The van der Waals surface area contributed by atoms with Gasteiger partial charge in [0.05, 0.1) is 6.61 Å². The van der Waals surface area contributed by atoms with E-state index < -0.39 is 0 Å². The summed E-state index contributed by atoms with van der Waals surface area (Å²) in [6.07, 6.45) is 3.14. The van der Waals surface area contributed by atoms with Crippen LogP contribution < -0.4 is 16.0 Å². The van der Waals surface area contributed by atoms with Crippen LogP contribution in [-0.2, 0) is 25.9 Å². The van der Waals surface area contributed by atoms with E-state index in [9.17, 15) is 9.59 Å². The van der Waals surface area contributed by atoms with E-state index in [1.54, 1.807) is 6.20 Å². The fourth-order valence-corrected chi connectivity index (χ4v) is 2.64. The minimum atomic E-state index is -0.241. The molecule has 0 fully saturated rings. The van der Waals surface area contributed by atoms with E-state index in [0.717, 1.165) is 24.3 Å². The molecule has 5 heteroatoms. The quantitative estimate of drug-likeness (QED) is 0.849. The maximum absolute atomic E-state index is 12.1. The smallest absolute Gasteiger partial charge is 0.330 e. The first-order chi connectivity index (χ1) is 10.2. The maximum atomic E-state index is 12.1. The van der Waals surface area contributed by atoms with Gasteiger partial charge in [-0.15, -0.1) is 0 Å². The number of aryl methyl sites for hydroxylation is 2. The molecule has 1 aliphatic heterocycles. The van der Waals surface area contributed by atoms with Gasteiger partial charge in [-0.1, -0.05) is 12.1 Å². The van der Waals surface area contributed by atoms with Gasteiger partial charge in [-0.2, -0.15) is 0 Å². The van der Waals surface area contributed by atoms with Crippen LogP contribution in [0.15, 0.2) is 40.1 Å². The highest BCUT2D eigenvalue weighted by atomic mass is 16.5. The van der Waals surface area contributed by atoms with Gasteiger partial charge in [0, 0.05) is 31.8 Å². The van der Waals surface area contributed by atoms with E-state index in [0.29, 0.717) is 19.5 Å². The number of ether oxygens (including phenoxy) is 1. The molecule has 21 heavy (non-hydrogen) atoms. The summed E-state index contributed by atoms with van der Waals surface area (Å²) in [5.74, 6) is 0.948. The number of hydrogen-bond acceptors (Lipinski definition) is 3. The highest BCUT2D eigenvalue weighted by molar-refractivity contribution is 5.39. The predicted molar refractivity (Wildman–Crippen MR) is 80.0 cm³/mol. The average molecular weight is 286 g/mol. The van der Waals surface area contributed by atoms with Crippen molar-refractivity contribution in [1.82, 2.24) is 9.13 Å². The van der Waals surface area contributed by atoms with Gasteiger partial charge in [-0.25, -0.2) is 4.79 Å². The van der Waals surface area contributed by atoms with E-state index in [1.807, 2.05) is 19.1 Å². The highest BCUT2D eigenvalue weighted by Crippen LogP contribution is 2.25. The SMILES string of the molecule is CCn1ccc(=O)n(CCc2ccc3c(c2)CCO3)c1=O. The van der Waals surface area contributed by atoms with E-state index in [-0.39, 0.29) is 11.2 Å². The zero-order valence-electron chi connectivity index (χ0n) is 12.0. The van der Waals surface area contributed by atoms with Gasteiger partial charge < -0.3 is 9.30 Å². The van der Waals surface area contributed by atoms with E-state index >= 15 is 0 Å². The minimum Gasteiger partial charge on any atom is -0.493 e. The molecular weight excluding hydrogens is 268 g/mol. The monoisotopic (exact) mass is 286 g/mol. The Bertz CT molecular complexity index is 774. The number of fused-ring (bicyclic) bond motifs is 1. The Morgan fingerprint density at radius 1 is 1.24 bits per heavy atom. The maximum Gasteiger partial charge on any atom is 0.330 e. The Hall–Kier alpha value is -2.30. The fraction of sp³-hybridized carbons (Fsp3) is 0.375. The first kappa shape index (κ1) is 13.7. The summed E-state index contributed by atoms with van der Waals surface area (Å²) in [6, 6.07) is 7.52. The molecule has 5 nitrogen and oxygen atoms in total. The summed E-state index contributed by atoms with van der Waals surface area (Å²) in [5.41, 5.74) is 1.85. The lowest BCUT2D eigenvalue weighted by Gasteiger charge is -2.09. The largest absolute Gasteiger partial charge is 0.493 e. The second-order valence-corrected chi connectivity index (χ2v) is 5.16. The van der Waals surface area contributed by atoms with Crippen molar-refractivity contribution in [3.63, 3.8) is 0 Å².